The van der Waals surface area contributed by atoms with E-state index < -0.39 is 17.7 Å². The first-order valence-corrected chi connectivity index (χ1v) is 9.90. The van der Waals surface area contributed by atoms with Gasteiger partial charge in [-0.25, -0.2) is 0 Å². The Hall–Kier alpha value is -3.36. The Kier molecular flexibility index (Phi) is 5.43. The highest BCUT2D eigenvalue weighted by Gasteiger charge is 2.33. The number of aromatic nitrogens is 2. The molecule has 1 aromatic heterocycles. The quantitative estimate of drug-likeness (QED) is 0.559. The van der Waals surface area contributed by atoms with Gasteiger partial charge in [-0.15, -0.1) is 0 Å². The number of rotatable bonds is 6. The van der Waals surface area contributed by atoms with E-state index in [1.807, 2.05) is 12.1 Å². The van der Waals surface area contributed by atoms with E-state index in [-0.39, 0.29) is 41.7 Å². The number of nitrogens with zero attached hydrogens (tertiary/aromatic N) is 2. The number of carboxylic acid groups (broad SMARTS) is 1. The molecule has 0 unspecified atom stereocenters. The molecular formula is C22H20F3N3O3. The van der Waals surface area contributed by atoms with Crippen molar-refractivity contribution in [3.63, 3.8) is 0 Å². The first-order chi connectivity index (χ1) is 14.7. The van der Waals surface area contributed by atoms with Gasteiger partial charge < -0.3 is 14.9 Å². The number of halogens is 3. The van der Waals surface area contributed by atoms with Crippen LogP contribution in [0.25, 0.3) is 22.8 Å². The summed E-state index contributed by atoms with van der Waals surface area (Å²) >= 11 is 0. The number of hydrogen-bond acceptors (Lipinski definition) is 5. The lowest BCUT2D eigenvalue weighted by molar-refractivity contribution is -0.138. The molecule has 0 radical (unpaired) electrons. The predicted molar refractivity (Wildman–Crippen MR) is 108 cm³/mol. The highest BCUT2D eigenvalue weighted by atomic mass is 19.4. The summed E-state index contributed by atoms with van der Waals surface area (Å²) in [5.41, 5.74) is 2.32. The third-order valence-corrected chi connectivity index (χ3v) is 5.37. The SMILES string of the molecule is CCc1ccc(-c2nc(-c3ccc4c(c3)C[C@@H](CCC(=O)O)N4)no2)cc1C(F)(F)F. The molecular weight excluding hydrogens is 411 g/mol. The zero-order valence-corrected chi connectivity index (χ0v) is 16.7. The number of aliphatic carboxylic acids is 1. The standard InChI is InChI=1S/C22H20F3N3O3/c1-2-12-3-4-14(11-17(12)22(23,24)25)21-27-20(28-31-21)13-5-7-18-15(9-13)10-16(26-18)6-8-19(29)30/h3-5,7,9,11,16,26H,2,6,8,10H2,1H3,(H,29,30)/t16-/m1/s1. The molecule has 0 bridgehead atoms. The summed E-state index contributed by atoms with van der Waals surface area (Å²) in [6, 6.07) is 9.60. The minimum absolute atomic E-state index is 0.0149. The van der Waals surface area contributed by atoms with E-state index in [1.54, 1.807) is 19.1 Å². The molecule has 0 amide bonds. The Morgan fingerprint density at radius 2 is 2.00 bits per heavy atom. The number of nitrogens with one attached hydrogen (secondary N) is 1. The average Bonchev–Trinajstić information content (AvgIpc) is 3.37. The van der Waals surface area contributed by atoms with Crippen LogP contribution < -0.4 is 5.32 Å². The highest BCUT2D eigenvalue weighted by molar-refractivity contribution is 5.69. The van der Waals surface area contributed by atoms with Crippen molar-refractivity contribution in [2.75, 3.05) is 5.32 Å². The molecule has 0 spiro atoms. The number of carboxylic acids is 1. The fraction of sp³-hybridized carbons (Fsp3) is 0.318. The van der Waals surface area contributed by atoms with Gasteiger partial charge in [0.15, 0.2) is 0 Å². The van der Waals surface area contributed by atoms with Crippen molar-refractivity contribution in [1.82, 2.24) is 10.1 Å². The lowest BCUT2D eigenvalue weighted by atomic mass is 10.0. The normalized spacial score (nSPS) is 15.5. The first-order valence-electron chi connectivity index (χ1n) is 9.90. The van der Waals surface area contributed by atoms with Gasteiger partial charge in [0, 0.05) is 29.3 Å². The molecule has 4 rings (SSSR count). The molecule has 1 aliphatic heterocycles. The van der Waals surface area contributed by atoms with Crippen molar-refractivity contribution in [2.45, 2.75) is 44.8 Å². The van der Waals surface area contributed by atoms with Gasteiger partial charge in [0.05, 0.1) is 5.56 Å². The lowest BCUT2D eigenvalue weighted by Crippen LogP contribution is -2.16. The van der Waals surface area contributed by atoms with Crippen molar-refractivity contribution in [2.24, 2.45) is 0 Å². The highest BCUT2D eigenvalue weighted by Crippen LogP contribution is 2.36. The van der Waals surface area contributed by atoms with Gasteiger partial charge in [-0.2, -0.15) is 18.2 Å². The van der Waals surface area contributed by atoms with E-state index in [9.17, 15) is 18.0 Å². The van der Waals surface area contributed by atoms with Gasteiger partial charge in [-0.3, -0.25) is 4.79 Å². The summed E-state index contributed by atoms with van der Waals surface area (Å²) in [4.78, 5) is 15.1. The Labute approximate surface area is 176 Å². The Morgan fingerprint density at radius 3 is 2.71 bits per heavy atom. The van der Waals surface area contributed by atoms with Crippen LogP contribution in [0.4, 0.5) is 18.9 Å². The van der Waals surface area contributed by atoms with Crippen LogP contribution >= 0.6 is 0 Å². The van der Waals surface area contributed by atoms with Gasteiger partial charge >= 0.3 is 12.1 Å². The molecule has 6 nitrogen and oxygen atoms in total. The van der Waals surface area contributed by atoms with Crippen LogP contribution in [0.3, 0.4) is 0 Å². The number of aryl methyl sites for hydroxylation is 1. The van der Waals surface area contributed by atoms with E-state index in [0.717, 1.165) is 17.3 Å². The molecule has 2 aromatic carbocycles. The molecule has 1 aliphatic rings. The van der Waals surface area contributed by atoms with Crippen molar-refractivity contribution < 1.29 is 27.6 Å². The molecule has 0 aliphatic carbocycles. The van der Waals surface area contributed by atoms with E-state index in [4.69, 9.17) is 9.63 Å². The Balaban J connectivity index is 1.57. The summed E-state index contributed by atoms with van der Waals surface area (Å²) < 4.78 is 45.3. The molecule has 162 valence electrons. The second-order valence-electron chi connectivity index (χ2n) is 7.50. The Morgan fingerprint density at radius 1 is 1.23 bits per heavy atom. The minimum atomic E-state index is -4.46. The summed E-state index contributed by atoms with van der Waals surface area (Å²) in [6.45, 7) is 1.67. The van der Waals surface area contributed by atoms with Gasteiger partial charge in [0.1, 0.15) is 0 Å². The fourth-order valence-electron chi connectivity index (χ4n) is 3.79. The molecule has 0 saturated heterocycles. The summed E-state index contributed by atoms with van der Waals surface area (Å²) in [7, 11) is 0. The summed E-state index contributed by atoms with van der Waals surface area (Å²) in [6.07, 6.45) is -2.92. The summed E-state index contributed by atoms with van der Waals surface area (Å²) in [5, 5.41) is 16.1. The third kappa shape index (κ3) is 4.40. The number of hydrogen-bond donors (Lipinski definition) is 2. The second kappa shape index (κ2) is 8.05. The average molecular weight is 431 g/mol. The predicted octanol–water partition coefficient (Wildman–Crippen LogP) is 5.19. The molecule has 2 heterocycles. The van der Waals surface area contributed by atoms with E-state index in [1.165, 1.54) is 6.07 Å². The van der Waals surface area contributed by atoms with Gasteiger partial charge in [-0.1, -0.05) is 18.1 Å². The van der Waals surface area contributed by atoms with Crippen LogP contribution in [0, 0.1) is 0 Å². The monoisotopic (exact) mass is 431 g/mol. The third-order valence-electron chi connectivity index (χ3n) is 5.37. The van der Waals surface area contributed by atoms with Crippen molar-refractivity contribution in [3.05, 3.63) is 53.1 Å². The molecule has 3 aromatic rings. The maximum Gasteiger partial charge on any atom is 0.416 e. The van der Waals surface area contributed by atoms with Gasteiger partial charge in [0.25, 0.3) is 5.89 Å². The molecule has 0 fully saturated rings. The maximum absolute atomic E-state index is 13.4. The second-order valence-corrected chi connectivity index (χ2v) is 7.50. The number of benzene rings is 2. The lowest BCUT2D eigenvalue weighted by Gasteiger charge is -2.12. The van der Waals surface area contributed by atoms with Crippen LogP contribution in [0.5, 0.6) is 0 Å². The van der Waals surface area contributed by atoms with Gasteiger partial charge in [-0.05, 0) is 60.7 Å². The maximum atomic E-state index is 13.4. The van der Waals surface area contributed by atoms with Crippen LogP contribution in [0.15, 0.2) is 40.9 Å². The van der Waals surface area contributed by atoms with Crippen LogP contribution in [-0.4, -0.2) is 27.3 Å². The number of fused-ring (bicyclic) bond motifs is 1. The molecule has 9 heteroatoms. The van der Waals surface area contributed by atoms with Crippen molar-refractivity contribution in [3.8, 4) is 22.8 Å². The van der Waals surface area contributed by atoms with E-state index in [2.05, 4.69) is 15.5 Å². The first kappa shape index (κ1) is 20.9. The molecule has 31 heavy (non-hydrogen) atoms. The Bertz CT molecular complexity index is 1120. The number of alkyl halides is 3. The smallest absolute Gasteiger partial charge is 0.416 e. The number of anilines is 1. The molecule has 0 saturated carbocycles. The van der Waals surface area contributed by atoms with Crippen molar-refractivity contribution in [1.29, 1.82) is 0 Å². The topological polar surface area (TPSA) is 88.2 Å². The molecule has 1 atom stereocenters. The van der Waals surface area contributed by atoms with E-state index >= 15 is 0 Å². The van der Waals surface area contributed by atoms with E-state index in [0.29, 0.717) is 18.4 Å². The zero-order chi connectivity index (χ0) is 22.2. The van der Waals surface area contributed by atoms with Crippen LogP contribution in [0.1, 0.15) is 36.5 Å². The largest absolute Gasteiger partial charge is 0.481 e. The zero-order valence-electron chi connectivity index (χ0n) is 16.7. The molecule has 2 N–H and O–H groups in total. The van der Waals surface area contributed by atoms with Crippen LogP contribution in [0.2, 0.25) is 0 Å². The number of carbonyl (C=O) groups is 1. The summed E-state index contributed by atoms with van der Waals surface area (Å²) in [5.74, 6) is -0.542. The van der Waals surface area contributed by atoms with Gasteiger partial charge in [0.2, 0.25) is 5.82 Å². The fourth-order valence-corrected chi connectivity index (χ4v) is 3.79. The van der Waals surface area contributed by atoms with Crippen molar-refractivity contribution >= 4 is 11.7 Å². The minimum Gasteiger partial charge on any atom is -0.481 e. The van der Waals surface area contributed by atoms with Crippen LogP contribution in [-0.2, 0) is 23.8 Å².